The number of carbonyl (C=O) groups is 1. The van der Waals surface area contributed by atoms with Gasteiger partial charge in [-0.1, -0.05) is 15.9 Å². The molecule has 0 atom stereocenters. The van der Waals surface area contributed by atoms with Crippen molar-refractivity contribution in [3.8, 4) is 0 Å². The highest BCUT2D eigenvalue weighted by molar-refractivity contribution is 9.10. The summed E-state index contributed by atoms with van der Waals surface area (Å²) >= 11 is 2.82. The van der Waals surface area contributed by atoms with Gasteiger partial charge in [0, 0.05) is 10.0 Å². The first-order valence-electron chi connectivity index (χ1n) is 5.83. The van der Waals surface area contributed by atoms with Crippen molar-refractivity contribution in [2.24, 2.45) is 0 Å². The number of amides is 1. The lowest BCUT2D eigenvalue weighted by Gasteiger charge is -2.11. The lowest BCUT2D eigenvalue weighted by Crippen LogP contribution is -2.23. The summed E-state index contributed by atoms with van der Waals surface area (Å²) in [4.78, 5) is 15.7. The molecule has 21 heavy (non-hydrogen) atoms. The number of hydrogen-bond donors (Lipinski definition) is 1. The minimum absolute atomic E-state index is 0.00406. The molecular formula is C13H10BrF3N2O2. The smallest absolute Gasteiger partial charge is 0.417 e. The number of halogens is 4. The second kappa shape index (κ2) is 5.88. The fraction of sp³-hybridized carbons (Fsp3) is 0.231. The third kappa shape index (κ3) is 3.84. The molecule has 0 aliphatic carbocycles. The van der Waals surface area contributed by atoms with Gasteiger partial charge < -0.3 is 9.73 Å². The SMILES string of the molecule is Cc1cnc(CNC(=O)c2ccc(Br)c(C(F)(F)F)c2)o1. The average Bonchev–Trinajstić information content (AvgIpc) is 2.81. The molecule has 0 aliphatic heterocycles. The van der Waals surface area contributed by atoms with Crippen LogP contribution in [0.2, 0.25) is 0 Å². The standard InChI is InChI=1S/C13H10BrF3N2O2/c1-7-5-18-11(21-7)6-19-12(20)8-2-3-10(14)9(4-8)13(15,16)17/h2-5H,6H2,1H3,(H,19,20). The summed E-state index contributed by atoms with van der Waals surface area (Å²) in [5.41, 5.74) is -0.990. The Bertz CT molecular complexity index is 668. The minimum atomic E-state index is -4.53. The van der Waals surface area contributed by atoms with Crippen LogP contribution in [-0.4, -0.2) is 10.9 Å². The number of carbonyl (C=O) groups excluding carboxylic acids is 1. The third-order valence-electron chi connectivity index (χ3n) is 2.60. The van der Waals surface area contributed by atoms with Crippen molar-refractivity contribution in [2.45, 2.75) is 19.6 Å². The number of hydrogen-bond acceptors (Lipinski definition) is 3. The predicted molar refractivity (Wildman–Crippen MR) is 71.6 cm³/mol. The van der Waals surface area contributed by atoms with E-state index in [0.717, 1.165) is 6.07 Å². The van der Waals surface area contributed by atoms with Crippen LogP contribution in [0.25, 0.3) is 0 Å². The van der Waals surface area contributed by atoms with Gasteiger partial charge >= 0.3 is 6.18 Å². The molecule has 0 saturated heterocycles. The van der Waals surface area contributed by atoms with Crippen molar-refractivity contribution in [1.29, 1.82) is 0 Å². The second-order valence-corrected chi connectivity index (χ2v) is 5.09. The zero-order chi connectivity index (χ0) is 15.6. The molecule has 2 rings (SSSR count). The summed E-state index contributed by atoms with van der Waals surface area (Å²) < 4.78 is 43.3. The van der Waals surface area contributed by atoms with Gasteiger partial charge in [-0.2, -0.15) is 13.2 Å². The summed E-state index contributed by atoms with van der Waals surface area (Å²) in [6.45, 7) is 1.70. The number of rotatable bonds is 3. The second-order valence-electron chi connectivity index (χ2n) is 4.24. The molecule has 0 bridgehead atoms. The lowest BCUT2D eigenvalue weighted by molar-refractivity contribution is -0.138. The zero-order valence-corrected chi connectivity index (χ0v) is 12.4. The van der Waals surface area contributed by atoms with Crippen LogP contribution in [0.4, 0.5) is 13.2 Å². The number of alkyl halides is 3. The topological polar surface area (TPSA) is 55.1 Å². The van der Waals surface area contributed by atoms with Gasteiger partial charge in [-0.3, -0.25) is 4.79 Å². The fourth-order valence-electron chi connectivity index (χ4n) is 1.62. The molecule has 1 N–H and O–H groups in total. The van der Waals surface area contributed by atoms with Gasteiger partial charge in [0.1, 0.15) is 5.76 Å². The molecule has 0 unspecified atom stereocenters. The number of aromatic nitrogens is 1. The molecule has 4 nitrogen and oxygen atoms in total. The normalized spacial score (nSPS) is 11.5. The van der Waals surface area contributed by atoms with E-state index in [-0.39, 0.29) is 22.5 Å². The van der Waals surface area contributed by atoms with E-state index < -0.39 is 17.6 Å². The zero-order valence-electron chi connectivity index (χ0n) is 10.8. The average molecular weight is 363 g/mol. The Labute approximate surface area is 126 Å². The van der Waals surface area contributed by atoms with E-state index in [1.54, 1.807) is 6.92 Å². The molecule has 1 aromatic carbocycles. The maximum atomic E-state index is 12.8. The van der Waals surface area contributed by atoms with Crippen molar-refractivity contribution < 1.29 is 22.4 Å². The molecule has 0 saturated carbocycles. The fourth-order valence-corrected chi connectivity index (χ4v) is 2.10. The molecule has 1 heterocycles. The minimum Gasteiger partial charge on any atom is -0.444 e. The molecule has 2 aromatic rings. The monoisotopic (exact) mass is 362 g/mol. The van der Waals surface area contributed by atoms with Gasteiger partial charge in [-0.05, 0) is 25.1 Å². The number of nitrogens with zero attached hydrogens (tertiary/aromatic N) is 1. The van der Waals surface area contributed by atoms with Crippen molar-refractivity contribution in [3.05, 3.63) is 51.6 Å². The summed E-state index contributed by atoms with van der Waals surface area (Å²) in [5.74, 6) is 0.236. The van der Waals surface area contributed by atoms with Gasteiger partial charge in [-0.25, -0.2) is 4.98 Å². The van der Waals surface area contributed by atoms with Crippen LogP contribution in [0.15, 0.2) is 33.3 Å². The number of benzene rings is 1. The Morgan fingerprint density at radius 3 is 2.71 bits per heavy atom. The van der Waals surface area contributed by atoms with Crippen LogP contribution in [0.5, 0.6) is 0 Å². The van der Waals surface area contributed by atoms with Crippen LogP contribution >= 0.6 is 15.9 Å². The molecule has 0 spiro atoms. The quantitative estimate of drug-likeness (QED) is 0.905. The lowest BCUT2D eigenvalue weighted by atomic mass is 10.1. The number of aryl methyl sites for hydroxylation is 1. The Morgan fingerprint density at radius 1 is 1.43 bits per heavy atom. The largest absolute Gasteiger partial charge is 0.444 e. The first-order valence-corrected chi connectivity index (χ1v) is 6.63. The van der Waals surface area contributed by atoms with Gasteiger partial charge in [-0.15, -0.1) is 0 Å². The van der Waals surface area contributed by atoms with E-state index in [2.05, 4.69) is 26.2 Å². The van der Waals surface area contributed by atoms with Crippen LogP contribution < -0.4 is 5.32 Å². The van der Waals surface area contributed by atoms with Crippen molar-refractivity contribution in [2.75, 3.05) is 0 Å². The Hall–Kier alpha value is -1.83. The molecule has 1 aromatic heterocycles. The summed E-state index contributed by atoms with van der Waals surface area (Å²) in [6, 6.07) is 3.28. The molecule has 1 amide bonds. The van der Waals surface area contributed by atoms with E-state index in [1.165, 1.54) is 18.3 Å². The molecule has 112 valence electrons. The number of nitrogens with one attached hydrogen (secondary N) is 1. The Morgan fingerprint density at radius 2 is 2.14 bits per heavy atom. The van der Waals surface area contributed by atoms with Gasteiger partial charge in [0.05, 0.1) is 18.3 Å². The number of oxazole rings is 1. The van der Waals surface area contributed by atoms with E-state index in [0.29, 0.717) is 5.76 Å². The van der Waals surface area contributed by atoms with Crippen molar-refractivity contribution in [3.63, 3.8) is 0 Å². The maximum absolute atomic E-state index is 12.8. The van der Waals surface area contributed by atoms with Crippen LogP contribution in [0, 0.1) is 6.92 Å². The summed E-state index contributed by atoms with van der Waals surface area (Å²) in [5, 5.41) is 2.45. The Balaban J connectivity index is 2.12. The van der Waals surface area contributed by atoms with Crippen LogP contribution in [0.3, 0.4) is 0 Å². The summed E-state index contributed by atoms with van der Waals surface area (Å²) in [7, 11) is 0. The highest BCUT2D eigenvalue weighted by atomic mass is 79.9. The highest BCUT2D eigenvalue weighted by Crippen LogP contribution is 2.35. The van der Waals surface area contributed by atoms with Gasteiger partial charge in [0.25, 0.3) is 5.91 Å². The van der Waals surface area contributed by atoms with Crippen molar-refractivity contribution >= 4 is 21.8 Å². The summed E-state index contributed by atoms with van der Waals surface area (Å²) in [6.07, 6.45) is -3.04. The molecule has 0 fully saturated rings. The molecule has 0 radical (unpaired) electrons. The first-order chi connectivity index (χ1) is 9.77. The molecule has 8 heteroatoms. The van der Waals surface area contributed by atoms with Crippen molar-refractivity contribution in [1.82, 2.24) is 10.3 Å². The Kier molecular flexibility index (Phi) is 4.36. The maximum Gasteiger partial charge on any atom is 0.417 e. The van der Waals surface area contributed by atoms with Gasteiger partial charge in [0.15, 0.2) is 0 Å². The highest BCUT2D eigenvalue weighted by Gasteiger charge is 2.33. The third-order valence-corrected chi connectivity index (χ3v) is 3.29. The van der Waals surface area contributed by atoms with Crippen LogP contribution in [0.1, 0.15) is 27.6 Å². The molecule has 0 aliphatic rings. The van der Waals surface area contributed by atoms with E-state index >= 15 is 0 Å². The van der Waals surface area contributed by atoms with E-state index in [1.807, 2.05) is 0 Å². The van der Waals surface area contributed by atoms with Gasteiger partial charge in [0.2, 0.25) is 5.89 Å². The van der Waals surface area contributed by atoms with Crippen LogP contribution in [-0.2, 0) is 12.7 Å². The predicted octanol–water partition coefficient (Wildman–Crippen LogP) is 3.69. The van der Waals surface area contributed by atoms with E-state index in [9.17, 15) is 18.0 Å². The van der Waals surface area contributed by atoms with E-state index in [4.69, 9.17) is 4.42 Å². The molecular weight excluding hydrogens is 353 g/mol. The first kappa shape index (κ1) is 15.6.